The molecule has 0 aromatic heterocycles. The standard InChI is InChI=1S/C7H7BO2/c1-6-2-4-7(5-3-6)10-8-9/h2-5H,1H3. The van der Waals surface area contributed by atoms with Crippen LogP contribution in [0, 0.1) is 6.92 Å². The quantitative estimate of drug-likeness (QED) is 0.570. The van der Waals surface area contributed by atoms with Gasteiger partial charge in [0.1, 0.15) is 0 Å². The summed E-state index contributed by atoms with van der Waals surface area (Å²) >= 11 is 0. The molecule has 0 atom stereocenters. The van der Waals surface area contributed by atoms with Gasteiger partial charge < -0.3 is 0 Å². The van der Waals surface area contributed by atoms with Crippen molar-refractivity contribution >= 4 is 7.35 Å². The Morgan fingerprint density at radius 3 is 2.40 bits per heavy atom. The maximum absolute atomic E-state index is 9.84. The molecule has 0 saturated heterocycles. The number of hydrogen-bond donors (Lipinski definition) is 0. The Morgan fingerprint density at radius 2 is 1.90 bits per heavy atom. The molecule has 0 heterocycles. The molecule has 1 aromatic rings. The fraction of sp³-hybridized carbons (Fsp3) is 0.143. The summed E-state index contributed by atoms with van der Waals surface area (Å²) in [5.74, 6) is 0.584. The van der Waals surface area contributed by atoms with Gasteiger partial charge in [-0.05, 0) is 0 Å². The van der Waals surface area contributed by atoms with Gasteiger partial charge in [-0.3, -0.25) is 0 Å². The summed E-state index contributed by atoms with van der Waals surface area (Å²) in [7, 11) is 0.421. The monoisotopic (exact) mass is 134 g/mol. The number of aryl methyl sites for hydroxylation is 1. The van der Waals surface area contributed by atoms with E-state index in [1.165, 1.54) is 0 Å². The Labute approximate surface area is 60.1 Å². The second-order valence-corrected chi connectivity index (χ2v) is 2.03. The normalized spacial score (nSPS) is 8.50. The molecule has 0 aliphatic heterocycles. The van der Waals surface area contributed by atoms with E-state index in [0.29, 0.717) is 13.1 Å². The first-order chi connectivity index (χ1) is 4.83. The predicted octanol–water partition coefficient (Wildman–Crippen LogP) is 1.34. The molecule has 2 nitrogen and oxygen atoms in total. The fourth-order valence-corrected chi connectivity index (χ4v) is 0.672. The molecule has 0 aliphatic rings. The summed E-state index contributed by atoms with van der Waals surface area (Å²) in [6.07, 6.45) is 0. The van der Waals surface area contributed by atoms with Crippen molar-refractivity contribution in [2.24, 2.45) is 0 Å². The molecule has 50 valence electrons. The van der Waals surface area contributed by atoms with E-state index >= 15 is 0 Å². The molecule has 0 fully saturated rings. The molecule has 0 aliphatic carbocycles. The fourth-order valence-electron chi connectivity index (χ4n) is 0.672. The van der Waals surface area contributed by atoms with Gasteiger partial charge in [-0.25, -0.2) is 0 Å². The van der Waals surface area contributed by atoms with Gasteiger partial charge in [0, 0.05) is 0 Å². The van der Waals surface area contributed by atoms with E-state index in [2.05, 4.69) is 4.65 Å². The minimum absolute atomic E-state index is 0.421. The molecule has 0 unspecified atom stereocenters. The summed E-state index contributed by atoms with van der Waals surface area (Å²) < 4.78 is 14.4. The van der Waals surface area contributed by atoms with Crippen LogP contribution in [0.1, 0.15) is 5.56 Å². The third kappa shape index (κ3) is 1.69. The van der Waals surface area contributed by atoms with Gasteiger partial charge in [0.2, 0.25) is 0 Å². The van der Waals surface area contributed by atoms with Crippen molar-refractivity contribution in [3.63, 3.8) is 0 Å². The van der Waals surface area contributed by atoms with Crippen LogP contribution >= 0.6 is 0 Å². The van der Waals surface area contributed by atoms with Gasteiger partial charge in [-0.2, -0.15) is 0 Å². The molecule has 0 saturated carbocycles. The van der Waals surface area contributed by atoms with Crippen molar-refractivity contribution in [1.29, 1.82) is 0 Å². The molecule has 3 heteroatoms. The third-order valence-electron chi connectivity index (χ3n) is 1.21. The predicted molar refractivity (Wildman–Crippen MR) is 38.2 cm³/mol. The first-order valence-corrected chi connectivity index (χ1v) is 3.00. The summed E-state index contributed by atoms with van der Waals surface area (Å²) in [6, 6.07) is 7.28. The van der Waals surface area contributed by atoms with Gasteiger partial charge in [0.05, 0.1) is 0 Å². The summed E-state index contributed by atoms with van der Waals surface area (Å²) in [4.78, 5) is 0. The molecule has 0 amide bonds. The van der Waals surface area contributed by atoms with E-state index in [9.17, 15) is 4.70 Å². The molecule has 1 aromatic carbocycles. The van der Waals surface area contributed by atoms with Crippen molar-refractivity contribution in [3.8, 4) is 5.75 Å². The van der Waals surface area contributed by atoms with Crippen molar-refractivity contribution in [1.82, 2.24) is 0 Å². The van der Waals surface area contributed by atoms with Crippen LogP contribution in [0.4, 0.5) is 0 Å². The number of hydrogen-bond acceptors (Lipinski definition) is 2. The van der Waals surface area contributed by atoms with Gasteiger partial charge in [-0.1, -0.05) is 0 Å². The van der Waals surface area contributed by atoms with Crippen LogP contribution in [-0.4, -0.2) is 7.35 Å². The molecule has 0 spiro atoms. The van der Waals surface area contributed by atoms with Crippen LogP contribution < -0.4 is 4.65 Å². The van der Waals surface area contributed by atoms with E-state index in [0.717, 1.165) is 5.56 Å². The van der Waals surface area contributed by atoms with Crippen LogP contribution in [0.2, 0.25) is 0 Å². The Balaban J connectivity index is 2.78. The zero-order chi connectivity index (χ0) is 7.40. The van der Waals surface area contributed by atoms with E-state index in [1.54, 1.807) is 12.1 Å². The number of rotatable bonds is 2. The van der Waals surface area contributed by atoms with Crippen LogP contribution in [0.3, 0.4) is 0 Å². The molecule has 1 rings (SSSR count). The molecule has 0 radical (unpaired) electrons. The van der Waals surface area contributed by atoms with Crippen LogP contribution in [0.25, 0.3) is 0 Å². The summed E-state index contributed by atoms with van der Waals surface area (Å²) in [6.45, 7) is 1.98. The topological polar surface area (TPSA) is 26.3 Å². The molecular formula is C7H7BO2. The second kappa shape index (κ2) is 3.15. The van der Waals surface area contributed by atoms with E-state index in [1.807, 2.05) is 19.1 Å². The van der Waals surface area contributed by atoms with Crippen LogP contribution in [0.15, 0.2) is 24.3 Å². The average molecular weight is 134 g/mol. The Bertz CT molecular complexity index is 218. The third-order valence-corrected chi connectivity index (χ3v) is 1.21. The van der Waals surface area contributed by atoms with Gasteiger partial charge in [-0.15, -0.1) is 0 Å². The van der Waals surface area contributed by atoms with E-state index in [4.69, 9.17) is 0 Å². The Kier molecular flexibility index (Phi) is 2.21. The minimum atomic E-state index is 0.421. The van der Waals surface area contributed by atoms with Gasteiger partial charge >= 0.3 is 59.2 Å². The Morgan fingerprint density at radius 1 is 1.30 bits per heavy atom. The van der Waals surface area contributed by atoms with Crippen molar-refractivity contribution in [2.75, 3.05) is 0 Å². The van der Waals surface area contributed by atoms with Crippen molar-refractivity contribution < 1.29 is 9.36 Å². The molecule has 0 bridgehead atoms. The van der Waals surface area contributed by atoms with E-state index in [-0.39, 0.29) is 0 Å². The van der Waals surface area contributed by atoms with Crippen LogP contribution in [-0.2, 0) is 4.70 Å². The molecule has 10 heavy (non-hydrogen) atoms. The first kappa shape index (κ1) is 7.00. The Hall–Kier alpha value is -1.12. The average Bonchev–Trinajstić information content (AvgIpc) is 1.95. The summed E-state index contributed by atoms with van der Waals surface area (Å²) in [5.41, 5.74) is 1.15. The zero-order valence-corrected chi connectivity index (χ0v) is 5.70. The van der Waals surface area contributed by atoms with Gasteiger partial charge in [0.15, 0.2) is 0 Å². The van der Waals surface area contributed by atoms with Crippen molar-refractivity contribution in [3.05, 3.63) is 29.8 Å². The van der Waals surface area contributed by atoms with E-state index < -0.39 is 0 Å². The summed E-state index contributed by atoms with van der Waals surface area (Å²) in [5, 5.41) is 0. The first-order valence-electron chi connectivity index (χ1n) is 3.00. The molecular weight excluding hydrogens is 127 g/mol. The maximum atomic E-state index is 9.84. The zero-order valence-electron chi connectivity index (χ0n) is 5.70. The second-order valence-electron chi connectivity index (χ2n) is 2.03. The molecule has 0 N–H and O–H groups in total. The van der Waals surface area contributed by atoms with Crippen molar-refractivity contribution in [2.45, 2.75) is 6.92 Å². The number of benzene rings is 1. The van der Waals surface area contributed by atoms with Gasteiger partial charge in [0.25, 0.3) is 0 Å². The SMILES string of the molecule is Cc1ccc(OB=O)cc1. The van der Waals surface area contributed by atoms with Crippen LogP contribution in [0.5, 0.6) is 5.75 Å².